The summed E-state index contributed by atoms with van der Waals surface area (Å²) in [6, 6.07) is 12.4. The van der Waals surface area contributed by atoms with Crippen LogP contribution in [-0.4, -0.2) is 51.0 Å². The molecule has 0 saturated carbocycles. The van der Waals surface area contributed by atoms with Crippen molar-refractivity contribution in [2.75, 3.05) is 24.2 Å². The summed E-state index contributed by atoms with van der Waals surface area (Å²) in [6.45, 7) is 7.34. The lowest BCUT2D eigenvalue weighted by Crippen LogP contribution is -2.51. The average Bonchev–Trinajstić information content (AvgIpc) is 2.71. The molecular formula is C24H33N3O4S. The molecule has 2 aromatic carbocycles. The van der Waals surface area contributed by atoms with Gasteiger partial charge in [-0.2, -0.15) is 0 Å². The smallest absolute Gasteiger partial charge is 0.244 e. The molecule has 2 amide bonds. The Morgan fingerprint density at radius 1 is 1.03 bits per heavy atom. The number of nitrogens with zero attached hydrogens (tertiary/aromatic N) is 2. The molecular weight excluding hydrogens is 426 g/mol. The normalized spacial score (nSPS) is 12.2. The van der Waals surface area contributed by atoms with Crippen molar-refractivity contribution in [3.8, 4) is 0 Å². The van der Waals surface area contributed by atoms with Gasteiger partial charge in [-0.1, -0.05) is 54.4 Å². The summed E-state index contributed by atoms with van der Waals surface area (Å²) >= 11 is 0. The first kappa shape index (κ1) is 25.4. The van der Waals surface area contributed by atoms with Crippen LogP contribution < -0.4 is 9.62 Å². The molecule has 0 spiro atoms. The highest BCUT2D eigenvalue weighted by Gasteiger charge is 2.31. The maximum atomic E-state index is 13.5. The van der Waals surface area contributed by atoms with Crippen LogP contribution in [0.15, 0.2) is 42.5 Å². The SMILES string of the molecule is CCC(C(=O)NC)N(Cc1cccc(C)c1)C(=O)CN(c1ccc(C)cc1C)S(C)(=O)=O. The zero-order valence-electron chi connectivity index (χ0n) is 19.7. The van der Waals surface area contributed by atoms with E-state index >= 15 is 0 Å². The van der Waals surface area contributed by atoms with Gasteiger partial charge in [-0.25, -0.2) is 8.42 Å². The van der Waals surface area contributed by atoms with Gasteiger partial charge in [-0.3, -0.25) is 13.9 Å². The van der Waals surface area contributed by atoms with E-state index in [1.807, 2.05) is 64.1 Å². The summed E-state index contributed by atoms with van der Waals surface area (Å²) in [4.78, 5) is 27.5. The van der Waals surface area contributed by atoms with E-state index in [1.54, 1.807) is 6.07 Å². The van der Waals surface area contributed by atoms with Gasteiger partial charge >= 0.3 is 0 Å². The summed E-state index contributed by atoms with van der Waals surface area (Å²) in [5, 5.41) is 2.61. The molecule has 0 radical (unpaired) electrons. The third-order valence-electron chi connectivity index (χ3n) is 5.37. The molecule has 0 heterocycles. The standard InChI is InChI=1S/C24H33N3O4S/c1-7-21(24(29)25-5)26(15-20-10-8-9-17(2)14-20)23(28)16-27(32(6,30)31)22-12-11-18(3)13-19(22)4/h8-14,21H,7,15-16H2,1-6H3,(H,25,29). The number of likely N-dealkylation sites (N-methyl/N-ethyl adjacent to an activating group) is 1. The summed E-state index contributed by atoms with van der Waals surface area (Å²) in [6.07, 6.45) is 1.49. The van der Waals surface area contributed by atoms with Gasteiger partial charge in [0.05, 0.1) is 11.9 Å². The predicted octanol–water partition coefficient (Wildman–Crippen LogP) is 2.93. The highest BCUT2D eigenvalue weighted by molar-refractivity contribution is 7.92. The van der Waals surface area contributed by atoms with Gasteiger partial charge in [-0.05, 0) is 44.4 Å². The molecule has 0 fully saturated rings. The number of carbonyl (C=O) groups is 2. The minimum atomic E-state index is -3.73. The number of hydrogen-bond acceptors (Lipinski definition) is 4. The number of benzene rings is 2. The van der Waals surface area contributed by atoms with Crippen molar-refractivity contribution in [1.82, 2.24) is 10.2 Å². The number of hydrogen-bond donors (Lipinski definition) is 1. The molecule has 2 aromatic rings. The molecule has 7 nitrogen and oxygen atoms in total. The maximum absolute atomic E-state index is 13.5. The third-order valence-corrected chi connectivity index (χ3v) is 6.49. The number of amides is 2. The lowest BCUT2D eigenvalue weighted by Gasteiger charge is -2.33. The number of nitrogens with one attached hydrogen (secondary N) is 1. The lowest BCUT2D eigenvalue weighted by atomic mass is 10.1. The zero-order valence-corrected chi connectivity index (χ0v) is 20.5. The van der Waals surface area contributed by atoms with Crippen molar-refractivity contribution >= 4 is 27.5 Å². The van der Waals surface area contributed by atoms with E-state index in [4.69, 9.17) is 0 Å². The van der Waals surface area contributed by atoms with Crippen LogP contribution in [0, 0.1) is 20.8 Å². The quantitative estimate of drug-likeness (QED) is 0.625. The van der Waals surface area contributed by atoms with E-state index in [9.17, 15) is 18.0 Å². The van der Waals surface area contributed by atoms with Crippen molar-refractivity contribution in [1.29, 1.82) is 0 Å². The highest BCUT2D eigenvalue weighted by Crippen LogP contribution is 2.24. The van der Waals surface area contributed by atoms with Gasteiger partial charge in [0.25, 0.3) is 0 Å². The molecule has 174 valence electrons. The van der Waals surface area contributed by atoms with Crippen LogP contribution in [0.25, 0.3) is 0 Å². The number of sulfonamides is 1. The van der Waals surface area contributed by atoms with Gasteiger partial charge in [0, 0.05) is 13.6 Å². The number of anilines is 1. The van der Waals surface area contributed by atoms with Gasteiger partial charge in [0.2, 0.25) is 21.8 Å². The van der Waals surface area contributed by atoms with E-state index < -0.39 is 22.0 Å². The second-order valence-corrected chi connectivity index (χ2v) is 10.0. The average molecular weight is 460 g/mol. The molecule has 1 unspecified atom stereocenters. The number of carbonyl (C=O) groups excluding carboxylic acids is 2. The lowest BCUT2D eigenvalue weighted by molar-refractivity contribution is -0.140. The van der Waals surface area contributed by atoms with E-state index in [-0.39, 0.29) is 19.0 Å². The van der Waals surface area contributed by atoms with Crippen LogP contribution in [-0.2, 0) is 26.2 Å². The summed E-state index contributed by atoms with van der Waals surface area (Å²) < 4.78 is 26.4. The second kappa shape index (κ2) is 10.6. The molecule has 2 rings (SSSR count). The van der Waals surface area contributed by atoms with Crippen LogP contribution in [0.2, 0.25) is 0 Å². The molecule has 1 atom stereocenters. The highest BCUT2D eigenvalue weighted by atomic mass is 32.2. The molecule has 1 N–H and O–H groups in total. The summed E-state index contributed by atoms with van der Waals surface area (Å²) in [5.74, 6) is -0.724. The largest absolute Gasteiger partial charge is 0.357 e. The molecule has 0 aliphatic carbocycles. The number of aryl methyl sites for hydroxylation is 3. The Morgan fingerprint density at radius 3 is 2.22 bits per heavy atom. The monoisotopic (exact) mass is 459 g/mol. The van der Waals surface area contributed by atoms with Gasteiger partial charge in [0.1, 0.15) is 12.6 Å². The third kappa shape index (κ3) is 6.32. The Labute approximate surface area is 191 Å². The Kier molecular flexibility index (Phi) is 8.44. The second-order valence-electron chi connectivity index (χ2n) is 8.11. The van der Waals surface area contributed by atoms with E-state index in [0.717, 1.165) is 32.8 Å². The van der Waals surface area contributed by atoms with Crippen LogP contribution in [0.5, 0.6) is 0 Å². The van der Waals surface area contributed by atoms with Crippen molar-refractivity contribution in [3.63, 3.8) is 0 Å². The van der Waals surface area contributed by atoms with Gasteiger partial charge < -0.3 is 10.2 Å². The van der Waals surface area contributed by atoms with Gasteiger partial charge in [0.15, 0.2) is 0 Å². The maximum Gasteiger partial charge on any atom is 0.244 e. The van der Waals surface area contributed by atoms with E-state index in [0.29, 0.717) is 12.1 Å². The molecule has 0 bridgehead atoms. The van der Waals surface area contributed by atoms with Crippen LogP contribution in [0.1, 0.15) is 35.6 Å². The first-order valence-electron chi connectivity index (χ1n) is 10.6. The Balaban J connectivity index is 2.46. The minimum absolute atomic E-state index is 0.205. The summed E-state index contributed by atoms with van der Waals surface area (Å²) in [7, 11) is -2.21. The van der Waals surface area contributed by atoms with E-state index in [2.05, 4.69) is 5.32 Å². The predicted molar refractivity (Wildman–Crippen MR) is 128 cm³/mol. The van der Waals surface area contributed by atoms with Crippen LogP contribution >= 0.6 is 0 Å². The minimum Gasteiger partial charge on any atom is -0.357 e. The van der Waals surface area contributed by atoms with Crippen molar-refractivity contribution in [2.24, 2.45) is 0 Å². The van der Waals surface area contributed by atoms with Crippen LogP contribution in [0.4, 0.5) is 5.69 Å². The topological polar surface area (TPSA) is 86.8 Å². The number of rotatable bonds is 9. The Morgan fingerprint density at radius 2 is 1.69 bits per heavy atom. The van der Waals surface area contributed by atoms with Crippen molar-refractivity contribution in [2.45, 2.75) is 46.7 Å². The van der Waals surface area contributed by atoms with Crippen molar-refractivity contribution < 1.29 is 18.0 Å². The molecule has 8 heteroatoms. The van der Waals surface area contributed by atoms with E-state index in [1.165, 1.54) is 11.9 Å². The fraction of sp³-hybridized carbons (Fsp3) is 0.417. The Hall–Kier alpha value is -2.87. The molecule has 0 saturated heterocycles. The first-order valence-corrected chi connectivity index (χ1v) is 12.4. The molecule has 0 aliphatic rings. The first-order chi connectivity index (χ1) is 15.0. The van der Waals surface area contributed by atoms with Gasteiger partial charge in [-0.15, -0.1) is 0 Å². The zero-order chi connectivity index (χ0) is 24.1. The molecule has 32 heavy (non-hydrogen) atoms. The fourth-order valence-electron chi connectivity index (χ4n) is 3.77. The summed E-state index contributed by atoms with van der Waals surface area (Å²) in [5.41, 5.74) is 4.12. The van der Waals surface area contributed by atoms with Crippen molar-refractivity contribution in [3.05, 3.63) is 64.7 Å². The fourth-order valence-corrected chi connectivity index (χ4v) is 4.68. The van der Waals surface area contributed by atoms with Crippen LogP contribution in [0.3, 0.4) is 0 Å². The molecule has 0 aromatic heterocycles. The Bertz CT molecular complexity index is 1080. The molecule has 0 aliphatic heterocycles.